The van der Waals surface area contributed by atoms with E-state index in [2.05, 4.69) is 16.8 Å². The number of thiazole rings is 1. The van der Waals surface area contributed by atoms with Crippen LogP contribution in [0.15, 0.2) is 34.7 Å². The van der Waals surface area contributed by atoms with Crippen LogP contribution in [0.5, 0.6) is 0 Å². The normalized spacial score (nSPS) is 17.2. The lowest BCUT2D eigenvalue weighted by atomic mass is 10.2. The maximum absolute atomic E-state index is 11.6. The SMILES string of the molecule is CC(c1nccs1)N1CCN(c2cc([N+](=O)[O-])cc(S(N)(=O)=O)c2)CC1. The number of nitrogens with two attached hydrogens (primary N) is 1. The quantitative estimate of drug-likeness (QED) is 0.600. The lowest BCUT2D eigenvalue weighted by Gasteiger charge is -2.38. The fourth-order valence-electron chi connectivity index (χ4n) is 2.98. The summed E-state index contributed by atoms with van der Waals surface area (Å²) < 4.78 is 23.3. The first kappa shape index (κ1) is 18.7. The van der Waals surface area contributed by atoms with E-state index >= 15 is 0 Å². The first-order valence-electron chi connectivity index (χ1n) is 7.96. The van der Waals surface area contributed by atoms with Gasteiger partial charge in [-0.25, -0.2) is 18.5 Å². The monoisotopic (exact) mass is 397 g/mol. The van der Waals surface area contributed by atoms with Crippen molar-refractivity contribution < 1.29 is 13.3 Å². The molecule has 2 N–H and O–H groups in total. The molecule has 0 aliphatic carbocycles. The van der Waals surface area contributed by atoms with E-state index in [4.69, 9.17) is 5.14 Å². The average Bonchev–Trinajstić information content (AvgIpc) is 3.14. The third-order valence-corrected chi connectivity index (χ3v) is 6.29. The highest BCUT2D eigenvalue weighted by atomic mass is 32.2. The topological polar surface area (TPSA) is 123 Å². The Labute approximate surface area is 155 Å². The van der Waals surface area contributed by atoms with Crippen molar-refractivity contribution in [3.8, 4) is 0 Å². The number of nitro benzene ring substituents is 1. The van der Waals surface area contributed by atoms with E-state index in [1.807, 2.05) is 10.3 Å². The molecule has 2 aromatic rings. The summed E-state index contributed by atoms with van der Waals surface area (Å²) in [5, 5.41) is 19.3. The zero-order valence-electron chi connectivity index (χ0n) is 14.1. The van der Waals surface area contributed by atoms with Gasteiger partial charge < -0.3 is 4.90 Å². The molecule has 140 valence electrons. The fraction of sp³-hybridized carbons (Fsp3) is 0.400. The van der Waals surface area contributed by atoms with Crippen molar-refractivity contribution in [3.63, 3.8) is 0 Å². The second-order valence-electron chi connectivity index (χ2n) is 6.06. The summed E-state index contributed by atoms with van der Waals surface area (Å²) in [6.45, 7) is 4.84. The number of piperazine rings is 1. The summed E-state index contributed by atoms with van der Waals surface area (Å²) in [6.07, 6.45) is 1.78. The lowest BCUT2D eigenvalue weighted by molar-refractivity contribution is -0.385. The van der Waals surface area contributed by atoms with Crippen LogP contribution in [-0.4, -0.2) is 49.4 Å². The largest absolute Gasteiger partial charge is 0.369 e. The molecule has 1 unspecified atom stereocenters. The van der Waals surface area contributed by atoms with Crippen LogP contribution in [0, 0.1) is 10.1 Å². The number of hydrogen-bond acceptors (Lipinski definition) is 8. The Balaban J connectivity index is 1.78. The van der Waals surface area contributed by atoms with Gasteiger partial charge >= 0.3 is 0 Å². The molecule has 2 heterocycles. The van der Waals surface area contributed by atoms with Gasteiger partial charge in [0.25, 0.3) is 5.69 Å². The second-order valence-corrected chi connectivity index (χ2v) is 8.54. The summed E-state index contributed by atoms with van der Waals surface area (Å²) in [5.74, 6) is 0. The fourth-order valence-corrected chi connectivity index (χ4v) is 4.28. The molecule has 1 saturated heterocycles. The van der Waals surface area contributed by atoms with Crippen molar-refractivity contribution in [3.05, 3.63) is 44.9 Å². The van der Waals surface area contributed by atoms with E-state index in [-0.39, 0.29) is 16.6 Å². The Bertz CT molecular complexity index is 893. The molecule has 1 aliphatic rings. The molecule has 0 saturated carbocycles. The van der Waals surface area contributed by atoms with E-state index in [1.165, 1.54) is 12.1 Å². The third kappa shape index (κ3) is 4.01. The number of sulfonamides is 1. The van der Waals surface area contributed by atoms with Crippen molar-refractivity contribution in [2.75, 3.05) is 31.1 Å². The van der Waals surface area contributed by atoms with E-state index in [1.54, 1.807) is 17.5 Å². The van der Waals surface area contributed by atoms with E-state index in [9.17, 15) is 18.5 Å². The molecule has 1 aromatic heterocycles. The molecule has 0 radical (unpaired) electrons. The first-order chi connectivity index (χ1) is 12.3. The highest BCUT2D eigenvalue weighted by Crippen LogP contribution is 2.29. The number of rotatable bonds is 5. The number of anilines is 1. The van der Waals surface area contributed by atoms with Gasteiger partial charge in [-0.05, 0) is 13.0 Å². The Morgan fingerprint density at radius 3 is 2.50 bits per heavy atom. The number of primary sulfonamides is 1. The molecule has 1 aromatic carbocycles. The highest BCUT2D eigenvalue weighted by Gasteiger charge is 2.25. The van der Waals surface area contributed by atoms with Crippen molar-refractivity contribution >= 4 is 32.7 Å². The van der Waals surface area contributed by atoms with Gasteiger partial charge in [-0.3, -0.25) is 15.0 Å². The number of nitrogens with zero attached hydrogens (tertiary/aromatic N) is 4. The van der Waals surface area contributed by atoms with Crippen molar-refractivity contribution in [1.82, 2.24) is 9.88 Å². The third-order valence-electron chi connectivity index (χ3n) is 4.45. The first-order valence-corrected chi connectivity index (χ1v) is 10.4. The highest BCUT2D eigenvalue weighted by molar-refractivity contribution is 7.89. The van der Waals surface area contributed by atoms with Crippen molar-refractivity contribution in [2.24, 2.45) is 5.14 Å². The molecule has 3 rings (SSSR count). The molecule has 26 heavy (non-hydrogen) atoms. The van der Waals surface area contributed by atoms with Crippen molar-refractivity contribution in [2.45, 2.75) is 17.9 Å². The number of aromatic nitrogens is 1. The minimum Gasteiger partial charge on any atom is -0.369 e. The van der Waals surface area contributed by atoms with Gasteiger partial charge in [0.1, 0.15) is 5.01 Å². The molecule has 1 aliphatic heterocycles. The summed E-state index contributed by atoms with van der Waals surface area (Å²) in [4.78, 5) is 18.8. The maximum atomic E-state index is 11.6. The molecule has 0 amide bonds. The zero-order valence-corrected chi connectivity index (χ0v) is 15.7. The predicted octanol–water partition coefficient (Wildman–Crippen LogP) is 1.58. The molecule has 0 bridgehead atoms. The summed E-state index contributed by atoms with van der Waals surface area (Å²) >= 11 is 1.61. The minimum absolute atomic E-state index is 0.197. The summed E-state index contributed by atoms with van der Waals surface area (Å²) in [5.41, 5.74) is 0.204. The van der Waals surface area contributed by atoms with Crippen molar-refractivity contribution in [1.29, 1.82) is 0 Å². The van der Waals surface area contributed by atoms with Gasteiger partial charge in [0.15, 0.2) is 0 Å². The van der Waals surface area contributed by atoms with Gasteiger partial charge in [0.05, 0.1) is 15.9 Å². The molecular formula is C15H19N5O4S2. The summed E-state index contributed by atoms with van der Waals surface area (Å²) in [6, 6.07) is 3.96. The van der Waals surface area contributed by atoms with Gasteiger partial charge in [-0.15, -0.1) is 11.3 Å². The summed E-state index contributed by atoms with van der Waals surface area (Å²) in [7, 11) is -4.02. The molecule has 0 spiro atoms. The molecule has 1 fully saturated rings. The maximum Gasteiger partial charge on any atom is 0.272 e. The van der Waals surface area contributed by atoms with Crippen LogP contribution in [0.1, 0.15) is 18.0 Å². The van der Waals surface area contributed by atoms with E-state index in [0.717, 1.165) is 24.2 Å². The molecule has 1 atom stereocenters. The minimum atomic E-state index is -4.02. The van der Waals surface area contributed by atoms with Crippen LogP contribution >= 0.6 is 11.3 Å². The van der Waals surface area contributed by atoms with Crippen LogP contribution in [0.3, 0.4) is 0 Å². The Morgan fingerprint density at radius 1 is 1.27 bits per heavy atom. The molecule has 9 nitrogen and oxygen atoms in total. The average molecular weight is 397 g/mol. The van der Waals surface area contributed by atoms with E-state index in [0.29, 0.717) is 18.8 Å². The number of non-ortho nitro benzene ring substituents is 1. The Hall–Kier alpha value is -2.08. The van der Waals surface area contributed by atoms with Gasteiger partial charge in [0.2, 0.25) is 10.0 Å². The van der Waals surface area contributed by atoms with Crippen LogP contribution in [0.4, 0.5) is 11.4 Å². The van der Waals surface area contributed by atoms with Crippen LogP contribution < -0.4 is 10.0 Å². The van der Waals surface area contributed by atoms with E-state index < -0.39 is 14.9 Å². The smallest absolute Gasteiger partial charge is 0.272 e. The number of nitro groups is 1. The predicted molar refractivity (Wildman–Crippen MR) is 98.8 cm³/mol. The van der Waals surface area contributed by atoms with Crippen LogP contribution in [-0.2, 0) is 10.0 Å². The molecular weight excluding hydrogens is 378 g/mol. The second kappa shape index (κ2) is 7.27. The Morgan fingerprint density at radius 2 is 1.96 bits per heavy atom. The molecule has 11 heteroatoms. The number of hydrogen-bond donors (Lipinski definition) is 1. The van der Waals surface area contributed by atoms with Crippen LogP contribution in [0.2, 0.25) is 0 Å². The Kier molecular flexibility index (Phi) is 5.23. The van der Waals surface area contributed by atoms with Gasteiger partial charge in [0, 0.05) is 55.6 Å². The standard InChI is InChI=1S/C15H19N5O4S2/c1-11(15-17-2-7-25-15)18-3-5-19(6-4-18)12-8-13(20(21)22)10-14(9-12)26(16,23)24/h2,7-11H,3-6H2,1H3,(H2,16,23,24). The lowest BCUT2D eigenvalue weighted by Crippen LogP contribution is -2.47. The van der Waals surface area contributed by atoms with Gasteiger partial charge in [-0.1, -0.05) is 0 Å². The zero-order chi connectivity index (χ0) is 18.9. The number of benzene rings is 1. The van der Waals surface area contributed by atoms with Gasteiger partial charge in [-0.2, -0.15) is 0 Å². The van der Waals surface area contributed by atoms with Crippen LogP contribution in [0.25, 0.3) is 0 Å².